The second-order valence-corrected chi connectivity index (χ2v) is 15.6. The zero-order chi connectivity index (χ0) is 33.7. The summed E-state index contributed by atoms with van der Waals surface area (Å²) in [5.41, 5.74) is 11.9. The van der Waals surface area contributed by atoms with E-state index in [0.29, 0.717) is 0 Å². The van der Waals surface area contributed by atoms with Gasteiger partial charge in [0.1, 0.15) is 11.2 Å². The quantitative estimate of drug-likeness (QED) is 0.163. The minimum atomic E-state index is -0.392. The second-order valence-electron chi connectivity index (χ2n) is 14.5. The highest BCUT2D eigenvalue weighted by Crippen LogP contribution is 2.49. The summed E-state index contributed by atoms with van der Waals surface area (Å²) in [5.74, 6) is 0. The highest BCUT2D eigenvalue weighted by atomic mass is 32.1. The number of unbranched alkanes of at least 4 members (excludes halogenated alkanes) is 1. The van der Waals surface area contributed by atoms with E-state index in [4.69, 9.17) is 5.10 Å². The maximum Gasteiger partial charge on any atom is 0.231 e. The molecule has 3 aromatic carbocycles. The third-order valence-electron chi connectivity index (χ3n) is 11.8. The fourth-order valence-corrected chi connectivity index (χ4v) is 10.3. The van der Waals surface area contributed by atoms with E-state index in [9.17, 15) is 0 Å². The van der Waals surface area contributed by atoms with Gasteiger partial charge in [-0.25, -0.2) is 4.68 Å². The van der Waals surface area contributed by atoms with Crippen LogP contribution >= 0.6 is 11.3 Å². The molecule has 0 N–H and O–H groups in total. The van der Waals surface area contributed by atoms with Crippen molar-refractivity contribution >= 4 is 48.1 Å². The maximum absolute atomic E-state index is 5.20. The van der Waals surface area contributed by atoms with Crippen LogP contribution in [0.5, 0.6) is 0 Å². The lowest BCUT2D eigenvalue weighted by Gasteiger charge is -2.45. The largest absolute Gasteiger partial charge is 0.245 e. The first-order valence-corrected chi connectivity index (χ1v) is 18.9. The first-order chi connectivity index (χ1) is 23.8. The number of hydrogen-bond acceptors (Lipinski definition) is 2. The van der Waals surface area contributed by atoms with Gasteiger partial charge in [-0.1, -0.05) is 51.5 Å². The minimum Gasteiger partial charge on any atom is -0.245 e. The number of hydrogen-bond donors (Lipinski definition) is 0. The lowest BCUT2D eigenvalue weighted by atomic mass is 9.71. The Bertz CT molecular complexity index is 2510. The molecule has 0 amide bonds. The summed E-state index contributed by atoms with van der Waals surface area (Å²) < 4.78 is 10.2. The molecule has 2 aliphatic heterocycles. The van der Waals surface area contributed by atoms with Gasteiger partial charge in [0.25, 0.3) is 0 Å². The molecule has 2 aliphatic rings. The van der Waals surface area contributed by atoms with Gasteiger partial charge >= 0.3 is 0 Å². The summed E-state index contributed by atoms with van der Waals surface area (Å²) in [7, 11) is 0. The molecule has 6 heterocycles. The number of pyridine rings is 2. The Labute approximate surface area is 293 Å². The van der Waals surface area contributed by atoms with Gasteiger partial charge in [0.05, 0.1) is 22.9 Å². The van der Waals surface area contributed by atoms with Gasteiger partial charge in [-0.2, -0.15) is 14.2 Å². The fourth-order valence-electron chi connectivity index (χ4n) is 9.09. The van der Waals surface area contributed by atoms with Crippen LogP contribution in [0.1, 0.15) is 75.8 Å². The Morgan fingerprint density at radius 1 is 0.796 bits per heavy atom. The van der Waals surface area contributed by atoms with Crippen LogP contribution in [0.3, 0.4) is 0 Å². The van der Waals surface area contributed by atoms with Gasteiger partial charge in [0.15, 0.2) is 6.20 Å². The summed E-state index contributed by atoms with van der Waals surface area (Å²) in [6.07, 6.45) is 10.4. The van der Waals surface area contributed by atoms with E-state index in [2.05, 4.69) is 153 Å². The number of allylic oxidation sites excluding steroid dienone is 1. The SMILES string of the molecule is CCCCc1ccc2c(c1)sc1cc3c(cc12)C(=CC1(CC)[n+]2ccccc2-c2cc(C)nn2C1(C)CC)[n+]1c-3cc(C)c2ccccc21. The molecule has 7 aromatic rings. The predicted octanol–water partition coefficient (Wildman–Crippen LogP) is 10.4. The molecule has 4 aromatic heterocycles. The number of para-hydroxylation sites is 1. The van der Waals surface area contributed by atoms with E-state index in [1.807, 2.05) is 11.3 Å². The summed E-state index contributed by atoms with van der Waals surface area (Å²) in [6.45, 7) is 13.8. The van der Waals surface area contributed by atoms with Crippen molar-refractivity contribution in [3.63, 3.8) is 0 Å². The van der Waals surface area contributed by atoms with Crippen LogP contribution in [0.15, 0.2) is 97.2 Å². The molecule has 0 radical (unpaired) electrons. The van der Waals surface area contributed by atoms with Crippen molar-refractivity contribution in [1.29, 1.82) is 0 Å². The van der Waals surface area contributed by atoms with Crippen LogP contribution in [0.25, 0.3) is 59.4 Å². The smallest absolute Gasteiger partial charge is 0.231 e. The number of thiophene rings is 1. The van der Waals surface area contributed by atoms with Gasteiger partial charge in [-0.15, -0.1) is 11.3 Å². The van der Waals surface area contributed by atoms with Crippen molar-refractivity contribution in [3.8, 4) is 22.6 Å². The molecular formula is C44H44N4S+2. The van der Waals surface area contributed by atoms with Crippen LogP contribution in [0.2, 0.25) is 0 Å². The zero-order valence-electron chi connectivity index (χ0n) is 29.5. The zero-order valence-corrected chi connectivity index (χ0v) is 30.3. The highest BCUT2D eigenvalue weighted by molar-refractivity contribution is 7.25. The molecule has 9 rings (SSSR count). The summed E-state index contributed by atoms with van der Waals surface area (Å²) in [6, 6.07) is 32.4. The Balaban J connectivity index is 1.38. The van der Waals surface area contributed by atoms with Crippen LogP contribution in [-0.2, 0) is 17.5 Å². The lowest BCUT2D eigenvalue weighted by molar-refractivity contribution is -0.761. The molecule has 5 heteroatoms. The van der Waals surface area contributed by atoms with E-state index in [1.54, 1.807) is 0 Å². The van der Waals surface area contributed by atoms with Crippen molar-refractivity contribution in [2.75, 3.05) is 0 Å². The number of fused-ring (bicyclic) bond motifs is 11. The van der Waals surface area contributed by atoms with Crippen LogP contribution < -0.4 is 9.13 Å². The monoisotopic (exact) mass is 660 g/mol. The van der Waals surface area contributed by atoms with Crippen molar-refractivity contribution in [2.24, 2.45) is 0 Å². The molecule has 0 fully saturated rings. The normalized spacial score (nSPS) is 20.2. The Morgan fingerprint density at radius 3 is 2.43 bits per heavy atom. The Hall–Kier alpha value is -4.61. The van der Waals surface area contributed by atoms with Crippen molar-refractivity contribution < 1.29 is 9.13 Å². The average molecular weight is 661 g/mol. The molecule has 2 atom stereocenters. The molecule has 0 saturated carbocycles. The highest BCUT2D eigenvalue weighted by Gasteiger charge is 2.61. The van der Waals surface area contributed by atoms with E-state index < -0.39 is 5.54 Å². The molecule has 0 saturated heterocycles. The van der Waals surface area contributed by atoms with Crippen molar-refractivity contribution in [3.05, 3.63) is 120 Å². The molecule has 0 spiro atoms. The van der Waals surface area contributed by atoms with Gasteiger partial charge in [0.2, 0.25) is 28.1 Å². The predicted molar refractivity (Wildman–Crippen MR) is 204 cm³/mol. The van der Waals surface area contributed by atoms with E-state index >= 15 is 0 Å². The van der Waals surface area contributed by atoms with Crippen LogP contribution in [0, 0.1) is 13.8 Å². The standard InChI is InChI=1S/C44H44N4S/c1-7-10-15-30-19-20-32-35-25-33-34(26-42(35)49-41(32)24-30)38-22-28(4)31-16-11-12-17-36(31)47(38)40(33)27-44(9-3)43(6,8-2)48-39(23-29(5)45-48)37-18-13-14-21-46(37)44/h11-14,16-27H,7-10,15H2,1-6H3/q+2. The average Bonchev–Trinajstić information content (AvgIpc) is 3.79. The number of nitrogens with zero attached hydrogens (tertiary/aromatic N) is 4. The molecular weight excluding hydrogens is 617 g/mol. The first-order valence-electron chi connectivity index (χ1n) is 18.1. The number of aromatic nitrogens is 4. The first kappa shape index (κ1) is 30.4. The third kappa shape index (κ3) is 4.12. The second kappa shape index (κ2) is 10.9. The van der Waals surface area contributed by atoms with Crippen LogP contribution in [0.4, 0.5) is 0 Å². The fraction of sp³-hybridized carbons (Fsp3) is 0.295. The summed E-state index contributed by atoms with van der Waals surface area (Å²) in [4.78, 5) is 0. The number of rotatable bonds is 6. The van der Waals surface area contributed by atoms with E-state index in [0.717, 1.165) is 25.0 Å². The summed E-state index contributed by atoms with van der Waals surface area (Å²) in [5, 5.41) is 9.21. The summed E-state index contributed by atoms with van der Waals surface area (Å²) >= 11 is 1.94. The van der Waals surface area contributed by atoms with Gasteiger partial charge in [-0.05, 0) is 87.6 Å². The molecule has 2 unspecified atom stereocenters. The van der Waals surface area contributed by atoms with Gasteiger partial charge in [0, 0.05) is 56.2 Å². The molecule has 49 heavy (non-hydrogen) atoms. The van der Waals surface area contributed by atoms with Gasteiger partial charge in [-0.3, -0.25) is 0 Å². The minimum absolute atomic E-state index is 0.310. The van der Waals surface area contributed by atoms with Crippen molar-refractivity contribution in [2.45, 2.75) is 84.7 Å². The van der Waals surface area contributed by atoms with E-state index in [-0.39, 0.29) is 5.54 Å². The lowest BCUT2D eigenvalue weighted by Crippen LogP contribution is -2.70. The number of aryl methyl sites for hydroxylation is 3. The maximum atomic E-state index is 5.20. The van der Waals surface area contributed by atoms with Crippen LogP contribution in [-0.4, -0.2) is 9.78 Å². The van der Waals surface area contributed by atoms with Gasteiger partial charge < -0.3 is 0 Å². The molecule has 0 aliphatic carbocycles. The third-order valence-corrected chi connectivity index (χ3v) is 13.0. The molecule has 244 valence electrons. The molecule has 0 bridgehead atoms. The Morgan fingerprint density at radius 2 is 1.61 bits per heavy atom. The van der Waals surface area contributed by atoms with E-state index in [1.165, 1.54) is 88.9 Å². The Kier molecular flexibility index (Phi) is 6.80. The molecule has 4 nitrogen and oxygen atoms in total. The van der Waals surface area contributed by atoms with Crippen molar-refractivity contribution in [1.82, 2.24) is 9.78 Å². The topological polar surface area (TPSA) is 25.6 Å². The number of benzene rings is 3.